The molecule has 0 bridgehead atoms. The van der Waals surface area contributed by atoms with Gasteiger partial charge in [0.1, 0.15) is 5.75 Å². The Bertz CT molecular complexity index is 388. The lowest BCUT2D eigenvalue weighted by Gasteiger charge is -2.18. The fraction of sp³-hybridized carbons (Fsp3) is 0.533. The molecular weight excluding hydrogens is 240 g/mol. The molecule has 0 fully saturated rings. The fourth-order valence-corrected chi connectivity index (χ4v) is 1.77. The quantitative estimate of drug-likeness (QED) is 0.817. The minimum Gasteiger partial charge on any atom is -0.494 e. The highest BCUT2D eigenvalue weighted by Crippen LogP contribution is 2.12. The summed E-state index contributed by atoms with van der Waals surface area (Å²) in [6.45, 7) is 5.19. The average Bonchev–Trinajstić information content (AvgIpc) is 2.37. The topological polar surface area (TPSA) is 55.6 Å². The number of nitrogens with zero attached hydrogens (tertiary/aromatic N) is 1. The first-order valence-corrected chi connectivity index (χ1v) is 6.74. The van der Waals surface area contributed by atoms with Crippen LogP contribution in [-0.2, 0) is 11.2 Å². The van der Waals surface area contributed by atoms with Crippen molar-refractivity contribution in [2.45, 2.75) is 32.7 Å². The van der Waals surface area contributed by atoms with Gasteiger partial charge < -0.3 is 15.4 Å². The maximum atomic E-state index is 11.7. The molecule has 1 aromatic carbocycles. The van der Waals surface area contributed by atoms with Crippen LogP contribution in [0.4, 0.5) is 0 Å². The molecule has 0 saturated carbocycles. The summed E-state index contributed by atoms with van der Waals surface area (Å²) in [7, 11) is 1.82. The Morgan fingerprint density at radius 3 is 2.53 bits per heavy atom. The Morgan fingerprint density at radius 2 is 2.00 bits per heavy atom. The van der Waals surface area contributed by atoms with E-state index in [9.17, 15) is 4.79 Å². The number of carbonyl (C=O) groups excluding carboxylic acids is 1. The molecule has 0 radical (unpaired) electrons. The lowest BCUT2D eigenvalue weighted by molar-refractivity contribution is -0.130. The van der Waals surface area contributed by atoms with Crippen LogP contribution in [0.5, 0.6) is 5.75 Å². The summed E-state index contributed by atoms with van der Waals surface area (Å²) in [5.41, 5.74) is 6.82. The van der Waals surface area contributed by atoms with Crippen molar-refractivity contribution in [2.24, 2.45) is 5.73 Å². The van der Waals surface area contributed by atoms with Crippen LogP contribution in [0.3, 0.4) is 0 Å². The summed E-state index contributed by atoms with van der Waals surface area (Å²) in [5, 5.41) is 0. The number of hydrogen-bond acceptors (Lipinski definition) is 3. The van der Waals surface area contributed by atoms with Crippen molar-refractivity contribution < 1.29 is 9.53 Å². The van der Waals surface area contributed by atoms with Crippen LogP contribution in [0.25, 0.3) is 0 Å². The monoisotopic (exact) mass is 264 g/mol. The lowest BCUT2D eigenvalue weighted by Crippen LogP contribution is -2.33. The molecule has 1 rings (SSSR count). The van der Waals surface area contributed by atoms with E-state index in [0.29, 0.717) is 19.6 Å². The number of carbonyl (C=O) groups is 1. The summed E-state index contributed by atoms with van der Waals surface area (Å²) in [6.07, 6.45) is 1.24. The van der Waals surface area contributed by atoms with E-state index < -0.39 is 0 Å². The normalized spacial score (nSPS) is 12.0. The van der Waals surface area contributed by atoms with Gasteiger partial charge in [-0.1, -0.05) is 12.1 Å². The molecule has 0 heterocycles. The first kappa shape index (κ1) is 15.5. The molecule has 4 nitrogen and oxygen atoms in total. The third kappa shape index (κ3) is 5.75. The van der Waals surface area contributed by atoms with Crippen molar-refractivity contribution in [1.82, 2.24) is 4.90 Å². The number of ether oxygens (including phenoxy) is 1. The third-order valence-electron chi connectivity index (χ3n) is 2.89. The zero-order valence-electron chi connectivity index (χ0n) is 12.1. The van der Waals surface area contributed by atoms with E-state index in [1.54, 1.807) is 4.90 Å². The van der Waals surface area contributed by atoms with Crippen LogP contribution in [0, 0.1) is 0 Å². The molecule has 0 aliphatic rings. The summed E-state index contributed by atoms with van der Waals surface area (Å²) in [5.74, 6) is 0.980. The summed E-state index contributed by atoms with van der Waals surface area (Å²) < 4.78 is 5.39. The van der Waals surface area contributed by atoms with Gasteiger partial charge in [0.05, 0.1) is 6.61 Å². The molecular formula is C15H24N2O2. The second-order valence-corrected chi connectivity index (χ2v) is 4.82. The van der Waals surface area contributed by atoms with Crippen molar-refractivity contribution >= 4 is 5.91 Å². The third-order valence-corrected chi connectivity index (χ3v) is 2.89. The molecule has 1 unspecified atom stereocenters. The number of nitrogens with two attached hydrogens (primary N) is 1. The largest absolute Gasteiger partial charge is 0.494 e. The number of rotatable bonds is 7. The summed E-state index contributed by atoms with van der Waals surface area (Å²) >= 11 is 0. The van der Waals surface area contributed by atoms with Crippen molar-refractivity contribution in [1.29, 1.82) is 0 Å². The maximum absolute atomic E-state index is 11.7. The molecule has 1 aromatic rings. The highest BCUT2D eigenvalue weighted by molar-refractivity contribution is 5.76. The molecule has 1 amide bonds. The van der Waals surface area contributed by atoms with Gasteiger partial charge in [-0.15, -0.1) is 0 Å². The molecule has 19 heavy (non-hydrogen) atoms. The molecule has 0 aromatic heterocycles. The zero-order chi connectivity index (χ0) is 14.3. The van der Waals surface area contributed by atoms with Gasteiger partial charge in [0.2, 0.25) is 5.91 Å². The van der Waals surface area contributed by atoms with Crippen molar-refractivity contribution in [3.63, 3.8) is 0 Å². The maximum Gasteiger partial charge on any atom is 0.223 e. The molecule has 4 heteroatoms. The molecule has 0 aliphatic carbocycles. The van der Waals surface area contributed by atoms with Crippen LogP contribution >= 0.6 is 0 Å². The molecule has 0 spiro atoms. The number of likely N-dealkylation sites (N-methyl/N-ethyl adjacent to an activating group) is 1. The highest BCUT2D eigenvalue weighted by Gasteiger charge is 2.10. The predicted molar refractivity (Wildman–Crippen MR) is 77.2 cm³/mol. The van der Waals surface area contributed by atoms with Crippen molar-refractivity contribution in [3.05, 3.63) is 29.8 Å². The van der Waals surface area contributed by atoms with E-state index in [4.69, 9.17) is 10.5 Å². The SMILES string of the molecule is CCOc1ccc(CCN(C)C(=O)CC(C)N)cc1. The van der Waals surface area contributed by atoms with Gasteiger partial charge in [0, 0.05) is 26.1 Å². The Kier molecular flexibility index (Phi) is 6.36. The van der Waals surface area contributed by atoms with Crippen LogP contribution in [0.15, 0.2) is 24.3 Å². The summed E-state index contributed by atoms with van der Waals surface area (Å²) in [4.78, 5) is 13.5. The molecule has 0 saturated heterocycles. The van der Waals surface area contributed by atoms with Crippen LogP contribution < -0.4 is 10.5 Å². The van der Waals surface area contributed by atoms with E-state index in [-0.39, 0.29) is 11.9 Å². The fourth-order valence-electron chi connectivity index (χ4n) is 1.77. The van der Waals surface area contributed by atoms with E-state index in [0.717, 1.165) is 12.2 Å². The second-order valence-electron chi connectivity index (χ2n) is 4.82. The van der Waals surface area contributed by atoms with Gasteiger partial charge in [-0.3, -0.25) is 4.79 Å². The molecule has 2 N–H and O–H groups in total. The van der Waals surface area contributed by atoms with Crippen LogP contribution in [0.2, 0.25) is 0 Å². The van der Waals surface area contributed by atoms with Gasteiger partial charge >= 0.3 is 0 Å². The Hall–Kier alpha value is -1.55. The van der Waals surface area contributed by atoms with E-state index in [1.807, 2.05) is 45.2 Å². The van der Waals surface area contributed by atoms with Crippen molar-refractivity contribution in [2.75, 3.05) is 20.2 Å². The van der Waals surface area contributed by atoms with Gasteiger partial charge in [-0.05, 0) is 38.0 Å². The smallest absolute Gasteiger partial charge is 0.223 e. The standard InChI is InChI=1S/C15H24N2O2/c1-4-19-14-7-5-13(6-8-14)9-10-17(3)15(18)11-12(2)16/h5-8,12H,4,9-11,16H2,1-3H3. The van der Waals surface area contributed by atoms with E-state index in [1.165, 1.54) is 5.56 Å². The van der Waals surface area contributed by atoms with Crippen LogP contribution in [0.1, 0.15) is 25.8 Å². The minimum absolute atomic E-state index is 0.0829. The second kappa shape index (κ2) is 7.79. The molecule has 106 valence electrons. The first-order valence-electron chi connectivity index (χ1n) is 6.74. The minimum atomic E-state index is -0.0829. The Morgan fingerprint density at radius 1 is 1.37 bits per heavy atom. The van der Waals surface area contributed by atoms with Gasteiger partial charge in [-0.2, -0.15) is 0 Å². The number of hydrogen-bond donors (Lipinski definition) is 1. The van der Waals surface area contributed by atoms with Gasteiger partial charge in [0.25, 0.3) is 0 Å². The lowest BCUT2D eigenvalue weighted by atomic mass is 10.1. The van der Waals surface area contributed by atoms with Gasteiger partial charge in [0.15, 0.2) is 0 Å². The zero-order valence-corrected chi connectivity index (χ0v) is 12.1. The van der Waals surface area contributed by atoms with Crippen LogP contribution in [-0.4, -0.2) is 37.0 Å². The van der Waals surface area contributed by atoms with E-state index in [2.05, 4.69) is 0 Å². The predicted octanol–water partition coefficient (Wildman–Crippen LogP) is 1.82. The Labute approximate surface area is 115 Å². The number of benzene rings is 1. The molecule has 1 atom stereocenters. The summed E-state index contributed by atoms with van der Waals surface area (Å²) in [6, 6.07) is 7.91. The number of amides is 1. The van der Waals surface area contributed by atoms with Crippen molar-refractivity contribution in [3.8, 4) is 5.75 Å². The van der Waals surface area contributed by atoms with Gasteiger partial charge in [-0.25, -0.2) is 0 Å². The average molecular weight is 264 g/mol. The Balaban J connectivity index is 2.41. The highest BCUT2D eigenvalue weighted by atomic mass is 16.5. The molecule has 0 aliphatic heterocycles. The first-order chi connectivity index (χ1) is 9.02. The van der Waals surface area contributed by atoms with E-state index >= 15 is 0 Å².